The van der Waals surface area contributed by atoms with Crippen LogP contribution in [-0.4, -0.2) is 23.3 Å². The van der Waals surface area contributed by atoms with E-state index in [9.17, 15) is 9.90 Å². The highest BCUT2D eigenvalue weighted by Crippen LogP contribution is 2.30. The van der Waals surface area contributed by atoms with Gasteiger partial charge >= 0.3 is 5.97 Å². The third-order valence-electron chi connectivity index (χ3n) is 4.38. The van der Waals surface area contributed by atoms with Gasteiger partial charge in [0.2, 0.25) is 0 Å². The standard InChI is InChI=1S/C21H19N3O4/c1-13(23-12-15-5-3-14(11-22)4-6-15)20-18(21(25)26)19(24-28-20)16-7-9-17(27-2)10-8-16/h3-10,13,23H,12H2,1-2H3,(H,25,26)/t13-/m1/s1. The van der Waals surface area contributed by atoms with Crippen molar-refractivity contribution in [1.29, 1.82) is 5.26 Å². The number of carboxylic acid groups (broad SMARTS) is 1. The molecule has 28 heavy (non-hydrogen) atoms. The van der Waals surface area contributed by atoms with Crippen LogP contribution in [0.1, 0.15) is 40.2 Å². The first-order chi connectivity index (χ1) is 13.5. The summed E-state index contributed by atoms with van der Waals surface area (Å²) in [6, 6.07) is 15.8. The maximum absolute atomic E-state index is 11.9. The van der Waals surface area contributed by atoms with Crippen LogP contribution in [0.25, 0.3) is 11.3 Å². The Labute approximate surface area is 162 Å². The Bertz CT molecular complexity index is 1000. The van der Waals surface area contributed by atoms with E-state index in [2.05, 4.69) is 16.5 Å². The van der Waals surface area contributed by atoms with Gasteiger partial charge in [-0.25, -0.2) is 4.79 Å². The topological polar surface area (TPSA) is 108 Å². The molecule has 1 heterocycles. The van der Waals surface area contributed by atoms with Gasteiger partial charge < -0.3 is 19.7 Å². The molecule has 0 bridgehead atoms. The first-order valence-corrected chi connectivity index (χ1v) is 8.63. The number of nitriles is 1. The molecule has 7 heteroatoms. The van der Waals surface area contributed by atoms with E-state index in [1.165, 1.54) is 0 Å². The molecular formula is C21H19N3O4. The van der Waals surface area contributed by atoms with Crippen molar-refractivity contribution in [2.45, 2.75) is 19.5 Å². The summed E-state index contributed by atoms with van der Waals surface area (Å²) in [5.74, 6) is -0.178. The van der Waals surface area contributed by atoms with Crippen molar-refractivity contribution in [3.8, 4) is 23.1 Å². The predicted octanol–water partition coefficient (Wildman–Crippen LogP) is 3.77. The highest BCUT2D eigenvalue weighted by Gasteiger charge is 2.27. The summed E-state index contributed by atoms with van der Waals surface area (Å²) >= 11 is 0. The van der Waals surface area contributed by atoms with E-state index in [4.69, 9.17) is 14.5 Å². The second-order valence-corrected chi connectivity index (χ2v) is 6.22. The average Bonchev–Trinajstić information content (AvgIpc) is 3.18. The molecule has 3 aromatic rings. The van der Waals surface area contributed by atoms with Gasteiger partial charge in [-0.2, -0.15) is 5.26 Å². The van der Waals surface area contributed by atoms with Crippen molar-refractivity contribution < 1.29 is 19.2 Å². The van der Waals surface area contributed by atoms with Crippen LogP contribution >= 0.6 is 0 Å². The summed E-state index contributed by atoms with van der Waals surface area (Å²) in [4.78, 5) is 11.9. The Morgan fingerprint density at radius 2 is 1.93 bits per heavy atom. The molecule has 0 amide bonds. The van der Waals surface area contributed by atoms with E-state index in [0.29, 0.717) is 23.4 Å². The van der Waals surface area contributed by atoms with Crippen molar-refractivity contribution in [1.82, 2.24) is 10.5 Å². The predicted molar refractivity (Wildman–Crippen MR) is 102 cm³/mol. The summed E-state index contributed by atoms with van der Waals surface area (Å²) in [5, 5.41) is 25.8. The lowest BCUT2D eigenvalue weighted by atomic mass is 10.0. The lowest BCUT2D eigenvalue weighted by Crippen LogP contribution is -2.19. The lowest BCUT2D eigenvalue weighted by Gasteiger charge is -2.12. The van der Waals surface area contributed by atoms with Crippen molar-refractivity contribution in [2.24, 2.45) is 0 Å². The molecule has 0 unspecified atom stereocenters. The smallest absolute Gasteiger partial charge is 0.341 e. The summed E-state index contributed by atoms with van der Waals surface area (Å²) in [6.45, 7) is 2.30. The molecule has 0 spiro atoms. The van der Waals surface area contributed by atoms with E-state index < -0.39 is 5.97 Å². The normalized spacial score (nSPS) is 11.6. The Morgan fingerprint density at radius 1 is 1.25 bits per heavy atom. The number of carbonyl (C=O) groups is 1. The molecule has 1 atom stereocenters. The maximum atomic E-state index is 11.9. The van der Waals surface area contributed by atoms with Gasteiger partial charge in [-0.3, -0.25) is 0 Å². The number of ether oxygens (including phenoxy) is 1. The van der Waals surface area contributed by atoms with Crippen LogP contribution in [0.2, 0.25) is 0 Å². The van der Waals surface area contributed by atoms with Crippen LogP contribution < -0.4 is 10.1 Å². The first-order valence-electron chi connectivity index (χ1n) is 8.63. The van der Waals surface area contributed by atoms with Gasteiger partial charge in [-0.05, 0) is 48.9 Å². The van der Waals surface area contributed by atoms with E-state index in [0.717, 1.165) is 5.56 Å². The van der Waals surface area contributed by atoms with Crippen LogP contribution in [-0.2, 0) is 6.54 Å². The maximum Gasteiger partial charge on any atom is 0.341 e. The summed E-state index contributed by atoms with van der Waals surface area (Å²) in [6.07, 6.45) is 0. The molecule has 3 rings (SSSR count). The minimum atomic E-state index is -1.10. The molecule has 0 saturated carbocycles. The molecule has 0 fully saturated rings. The molecule has 0 aliphatic heterocycles. The molecule has 0 radical (unpaired) electrons. The molecule has 0 aliphatic rings. The second kappa shape index (κ2) is 8.37. The number of hydrogen-bond acceptors (Lipinski definition) is 6. The first kappa shape index (κ1) is 19.1. The molecule has 0 aliphatic carbocycles. The summed E-state index contributed by atoms with van der Waals surface area (Å²) < 4.78 is 10.5. The van der Waals surface area contributed by atoms with E-state index in [1.807, 2.05) is 19.1 Å². The summed E-state index contributed by atoms with van der Waals surface area (Å²) in [5.41, 5.74) is 2.50. The van der Waals surface area contributed by atoms with Crippen LogP contribution in [0.15, 0.2) is 53.1 Å². The fraction of sp³-hybridized carbons (Fsp3) is 0.190. The zero-order valence-electron chi connectivity index (χ0n) is 15.5. The van der Waals surface area contributed by atoms with Crippen LogP contribution in [0.3, 0.4) is 0 Å². The Hall–Kier alpha value is -3.63. The minimum absolute atomic E-state index is 0.0324. The SMILES string of the molecule is COc1ccc(-c2noc([C@@H](C)NCc3ccc(C#N)cc3)c2C(=O)O)cc1. The number of hydrogen-bond donors (Lipinski definition) is 2. The van der Waals surface area contributed by atoms with E-state index in [1.54, 1.807) is 43.5 Å². The van der Waals surface area contributed by atoms with Crippen molar-refractivity contribution in [2.75, 3.05) is 7.11 Å². The lowest BCUT2D eigenvalue weighted by molar-refractivity contribution is 0.0694. The van der Waals surface area contributed by atoms with Crippen LogP contribution in [0, 0.1) is 11.3 Å². The summed E-state index contributed by atoms with van der Waals surface area (Å²) in [7, 11) is 1.56. The Kier molecular flexibility index (Phi) is 5.72. The fourth-order valence-electron chi connectivity index (χ4n) is 2.81. The number of nitrogens with zero attached hydrogens (tertiary/aromatic N) is 2. The van der Waals surface area contributed by atoms with Gasteiger partial charge in [0.05, 0.1) is 24.8 Å². The zero-order valence-corrected chi connectivity index (χ0v) is 15.5. The monoisotopic (exact) mass is 377 g/mol. The second-order valence-electron chi connectivity index (χ2n) is 6.22. The van der Waals surface area contributed by atoms with Gasteiger partial charge in [-0.15, -0.1) is 0 Å². The number of benzene rings is 2. The molecule has 2 N–H and O–H groups in total. The number of aromatic carboxylic acids is 1. The zero-order chi connectivity index (χ0) is 20.1. The van der Waals surface area contributed by atoms with Gasteiger partial charge in [0.25, 0.3) is 0 Å². The molecule has 1 aromatic heterocycles. The Balaban J connectivity index is 1.81. The highest BCUT2D eigenvalue weighted by atomic mass is 16.5. The molecule has 2 aromatic carbocycles. The van der Waals surface area contributed by atoms with Crippen molar-refractivity contribution in [3.05, 3.63) is 71.0 Å². The van der Waals surface area contributed by atoms with E-state index >= 15 is 0 Å². The highest BCUT2D eigenvalue weighted by molar-refractivity contribution is 5.96. The van der Waals surface area contributed by atoms with Gasteiger partial charge in [0.1, 0.15) is 17.0 Å². The number of nitrogens with one attached hydrogen (secondary N) is 1. The van der Waals surface area contributed by atoms with Crippen molar-refractivity contribution in [3.63, 3.8) is 0 Å². The number of aromatic nitrogens is 1. The molecule has 7 nitrogen and oxygen atoms in total. The van der Waals surface area contributed by atoms with Gasteiger partial charge in [0, 0.05) is 12.1 Å². The molecule has 142 valence electrons. The van der Waals surface area contributed by atoms with Crippen LogP contribution in [0.5, 0.6) is 5.75 Å². The Morgan fingerprint density at radius 3 is 2.50 bits per heavy atom. The minimum Gasteiger partial charge on any atom is -0.497 e. The van der Waals surface area contributed by atoms with Gasteiger partial charge in [0.15, 0.2) is 5.76 Å². The van der Waals surface area contributed by atoms with Crippen LogP contribution in [0.4, 0.5) is 0 Å². The number of carboxylic acids is 1. The molecule has 0 saturated heterocycles. The number of methoxy groups -OCH3 is 1. The average molecular weight is 377 g/mol. The third-order valence-corrected chi connectivity index (χ3v) is 4.38. The van der Waals surface area contributed by atoms with Gasteiger partial charge in [-0.1, -0.05) is 17.3 Å². The van der Waals surface area contributed by atoms with Crippen molar-refractivity contribution >= 4 is 5.97 Å². The quantitative estimate of drug-likeness (QED) is 0.645. The fourth-order valence-corrected chi connectivity index (χ4v) is 2.81. The number of rotatable bonds is 7. The largest absolute Gasteiger partial charge is 0.497 e. The molecular weight excluding hydrogens is 358 g/mol. The third kappa shape index (κ3) is 4.03. The van der Waals surface area contributed by atoms with E-state index in [-0.39, 0.29) is 23.1 Å².